The molecule has 5 rings (SSSR count). The normalized spacial score (nSPS) is 18.9. The Morgan fingerprint density at radius 2 is 1.55 bits per heavy atom. The molecule has 0 saturated heterocycles. The predicted molar refractivity (Wildman–Crippen MR) is 158 cm³/mol. The standard InChI is InChI=1S/C32H37N3O4S/c1-32(2,37)30(23-12-8-5-9-13-23)33-31(36)24-14-17-26(18-15-24)34-40(38,39)27-19-16-25-20-28(35(3)29(25)21-27)22-10-6-4-7-11-22/h4-13,16,19-21,24,26,30,34,37H,14-15,17-18H2,1-3H3,(H,33,36)/t24-,26-,30-/m0/s1. The van der Waals surface area contributed by atoms with Gasteiger partial charge >= 0.3 is 0 Å². The monoisotopic (exact) mass is 559 g/mol. The van der Waals surface area contributed by atoms with E-state index in [4.69, 9.17) is 0 Å². The molecule has 1 aliphatic carbocycles. The number of aliphatic hydroxyl groups is 1. The minimum atomic E-state index is -3.73. The van der Waals surface area contributed by atoms with Gasteiger partial charge < -0.3 is 15.0 Å². The molecule has 1 heterocycles. The second-order valence-electron chi connectivity index (χ2n) is 11.4. The van der Waals surface area contributed by atoms with E-state index in [0.29, 0.717) is 25.7 Å². The summed E-state index contributed by atoms with van der Waals surface area (Å²) in [5, 5.41) is 14.7. The van der Waals surface area contributed by atoms with Crippen LogP contribution in [0.25, 0.3) is 22.2 Å². The Balaban J connectivity index is 1.24. The van der Waals surface area contributed by atoms with Crippen LogP contribution in [-0.2, 0) is 21.9 Å². The van der Waals surface area contributed by atoms with Crippen LogP contribution in [0.5, 0.6) is 0 Å². The molecule has 8 heteroatoms. The topological polar surface area (TPSA) is 100 Å². The number of carbonyl (C=O) groups excluding carboxylic acids is 1. The van der Waals surface area contributed by atoms with Crippen molar-refractivity contribution in [3.05, 3.63) is 90.5 Å². The summed E-state index contributed by atoms with van der Waals surface area (Å²) in [5.41, 5.74) is 2.65. The summed E-state index contributed by atoms with van der Waals surface area (Å²) < 4.78 is 31.6. The summed E-state index contributed by atoms with van der Waals surface area (Å²) in [6.07, 6.45) is 2.29. The molecule has 0 aliphatic heterocycles. The van der Waals surface area contributed by atoms with Crippen molar-refractivity contribution in [3.8, 4) is 11.3 Å². The van der Waals surface area contributed by atoms with Crippen LogP contribution in [0.1, 0.15) is 51.1 Å². The number of aryl methyl sites for hydroxylation is 1. The lowest BCUT2D eigenvalue weighted by Gasteiger charge is -2.34. The number of amides is 1. The number of benzene rings is 3. The number of fused-ring (bicyclic) bond motifs is 1. The molecule has 4 aromatic rings. The average molecular weight is 560 g/mol. The van der Waals surface area contributed by atoms with Crippen LogP contribution < -0.4 is 10.0 Å². The molecule has 0 bridgehead atoms. The van der Waals surface area contributed by atoms with E-state index in [2.05, 4.69) is 16.1 Å². The van der Waals surface area contributed by atoms with Crippen molar-refractivity contribution in [1.29, 1.82) is 0 Å². The molecular weight excluding hydrogens is 522 g/mol. The zero-order valence-corrected chi connectivity index (χ0v) is 24.0. The van der Waals surface area contributed by atoms with E-state index >= 15 is 0 Å². The van der Waals surface area contributed by atoms with Crippen LogP contribution in [0.4, 0.5) is 0 Å². The summed E-state index contributed by atoms with van der Waals surface area (Å²) in [4.78, 5) is 13.4. The van der Waals surface area contributed by atoms with Crippen LogP contribution in [0.15, 0.2) is 89.8 Å². The third-order valence-electron chi connectivity index (χ3n) is 7.94. The highest BCUT2D eigenvalue weighted by molar-refractivity contribution is 7.89. The predicted octanol–water partition coefficient (Wildman–Crippen LogP) is 5.31. The number of carbonyl (C=O) groups is 1. The first-order chi connectivity index (χ1) is 19.0. The summed E-state index contributed by atoms with van der Waals surface area (Å²) in [7, 11) is -1.79. The molecule has 1 fully saturated rings. The highest BCUT2D eigenvalue weighted by Gasteiger charge is 2.34. The number of hydrogen-bond acceptors (Lipinski definition) is 4. The SMILES string of the molecule is Cn1c(-c2ccccc2)cc2ccc(S(=O)(=O)N[C@H]3CC[C@H](C(=O)N[C@@H](c4ccccc4)C(C)(C)O)CC3)cc21. The van der Waals surface area contributed by atoms with Gasteiger partial charge in [-0.1, -0.05) is 66.7 Å². The van der Waals surface area contributed by atoms with Crippen molar-refractivity contribution < 1.29 is 18.3 Å². The highest BCUT2D eigenvalue weighted by Crippen LogP contribution is 2.31. The lowest BCUT2D eigenvalue weighted by Crippen LogP contribution is -2.46. The van der Waals surface area contributed by atoms with Gasteiger partial charge in [0.05, 0.1) is 16.5 Å². The zero-order chi connectivity index (χ0) is 28.5. The van der Waals surface area contributed by atoms with Gasteiger partial charge in [0.1, 0.15) is 0 Å². The minimum absolute atomic E-state index is 0.110. The first-order valence-corrected chi connectivity index (χ1v) is 15.3. The van der Waals surface area contributed by atoms with Gasteiger partial charge in [-0.25, -0.2) is 13.1 Å². The van der Waals surface area contributed by atoms with E-state index in [9.17, 15) is 18.3 Å². The number of aromatic nitrogens is 1. The van der Waals surface area contributed by atoms with Crippen molar-refractivity contribution in [2.75, 3.05) is 0 Å². The second-order valence-corrected chi connectivity index (χ2v) is 13.1. The molecule has 3 aromatic carbocycles. The Hall–Kier alpha value is -3.46. The summed E-state index contributed by atoms with van der Waals surface area (Å²) in [6.45, 7) is 3.37. The summed E-state index contributed by atoms with van der Waals surface area (Å²) >= 11 is 0. The Morgan fingerprint density at radius 1 is 0.925 bits per heavy atom. The van der Waals surface area contributed by atoms with E-state index in [-0.39, 0.29) is 22.8 Å². The molecule has 1 amide bonds. The number of nitrogens with one attached hydrogen (secondary N) is 2. The second kappa shape index (κ2) is 11.2. The molecule has 40 heavy (non-hydrogen) atoms. The van der Waals surface area contributed by atoms with Gasteiger partial charge in [-0.05, 0) is 68.9 Å². The molecule has 0 spiro atoms. The summed E-state index contributed by atoms with van der Waals surface area (Å²) in [6, 6.07) is 26.0. The van der Waals surface area contributed by atoms with Gasteiger partial charge in [-0.3, -0.25) is 4.79 Å². The molecule has 1 saturated carbocycles. The molecule has 210 valence electrons. The fraction of sp³-hybridized carbons (Fsp3) is 0.344. The van der Waals surface area contributed by atoms with Crippen molar-refractivity contribution in [2.45, 2.75) is 62.1 Å². The molecular formula is C32H37N3O4S. The Morgan fingerprint density at radius 3 is 2.17 bits per heavy atom. The van der Waals surface area contributed by atoms with Crippen molar-refractivity contribution in [2.24, 2.45) is 13.0 Å². The Labute approximate surface area is 236 Å². The fourth-order valence-electron chi connectivity index (χ4n) is 5.70. The number of rotatable bonds is 8. The van der Waals surface area contributed by atoms with Gasteiger partial charge in [-0.2, -0.15) is 0 Å². The van der Waals surface area contributed by atoms with E-state index in [1.54, 1.807) is 26.0 Å². The fourth-order valence-corrected chi connectivity index (χ4v) is 7.02. The third-order valence-corrected chi connectivity index (χ3v) is 9.46. The summed E-state index contributed by atoms with van der Waals surface area (Å²) in [5.74, 6) is -0.342. The van der Waals surface area contributed by atoms with E-state index < -0.39 is 21.7 Å². The first-order valence-electron chi connectivity index (χ1n) is 13.8. The molecule has 3 N–H and O–H groups in total. The molecule has 1 atom stereocenters. The molecule has 0 unspecified atom stereocenters. The smallest absolute Gasteiger partial charge is 0.240 e. The lowest BCUT2D eigenvalue weighted by molar-refractivity contribution is -0.128. The van der Waals surface area contributed by atoms with Crippen LogP contribution in [-0.4, -0.2) is 35.6 Å². The molecule has 0 radical (unpaired) electrons. The molecule has 1 aromatic heterocycles. The Bertz CT molecular complexity index is 1580. The van der Waals surface area contributed by atoms with E-state index in [1.165, 1.54) is 0 Å². The van der Waals surface area contributed by atoms with Crippen molar-refractivity contribution in [1.82, 2.24) is 14.6 Å². The maximum absolute atomic E-state index is 13.3. The van der Waals surface area contributed by atoms with Crippen LogP contribution >= 0.6 is 0 Å². The van der Waals surface area contributed by atoms with Crippen LogP contribution in [0, 0.1) is 5.92 Å². The minimum Gasteiger partial charge on any atom is -0.388 e. The van der Waals surface area contributed by atoms with E-state index in [1.807, 2.05) is 78.3 Å². The lowest BCUT2D eigenvalue weighted by atomic mass is 9.84. The Kier molecular flexibility index (Phi) is 7.86. The van der Waals surface area contributed by atoms with Gasteiger partial charge in [0, 0.05) is 35.6 Å². The van der Waals surface area contributed by atoms with Crippen LogP contribution in [0.2, 0.25) is 0 Å². The zero-order valence-electron chi connectivity index (χ0n) is 23.2. The average Bonchev–Trinajstić information content (AvgIpc) is 3.28. The van der Waals surface area contributed by atoms with E-state index in [0.717, 1.165) is 27.7 Å². The van der Waals surface area contributed by atoms with Gasteiger partial charge in [0.2, 0.25) is 15.9 Å². The van der Waals surface area contributed by atoms with Crippen molar-refractivity contribution >= 4 is 26.8 Å². The molecule has 7 nitrogen and oxygen atoms in total. The number of nitrogens with zero attached hydrogens (tertiary/aromatic N) is 1. The van der Waals surface area contributed by atoms with Gasteiger partial charge in [-0.15, -0.1) is 0 Å². The third kappa shape index (κ3) is 5.99. The van der Waals surface area contributed by atoms with Gasteiger partial charge in [0.15, 0.2) is 0 Å². The number of hydrogen-bond donors (Lipinski definition) is 3. The highest BCUT2D eigenvalue weighted by atomic mass is 32.2. The van der Waals surface area contributed by atoms with Crippen LogP contribution in [0.3, 0.4) is 0 Å². The van der Waals surface area contributed by atoms with Gasteiger partial charge in [0.25, 0.3) is 0 Å². The quantitative estimate of drug-likeness (QED) is 0.272. The molecule has 1 aliphatic rings. The number of sulfonamides is 1. The largest absolute Gasteiger partial charge is 0.388 e. The maximum atomic E-state index is 13.3. The first kappa shape index (κ1) is 28.1. The van der Waals surface area contributed by atoms with Crippen molar-refractivity contribution in [3.63, 3.8) is 0 Å². The maximum Gasteiger partial charge on any atom is 0.240 e.